The zero-order chi connectivity index (χ0) is 21.6. The van der Waals surface area contributed by atoms with Crippen LogP contribution in [-0.2, 0) is 19.1 Å². The topological polar surface area (TPSA) is 108 Å². The van der Waals surface area contributed by atoms with Gasteiger partial charge in [-0.25, -0.2) is 0 Å². The van der Waals surface area contributed by atoms with Crippen molar-refractivity contribution in [2.45, 2.75) is 63.4 Å². The summed E-state index contributed by atoms with van der Waals surface area (Å²) in [5.74, 6) is -2.27. The van der Waals surface area contributed by atoms with Gasteiger partial charge in [-0.1, -0.05) is 18.2 Å². The van der Waals surface area contributed by atoms with Crippen LogP contribution in [0, 0.1) is 11.8 Å². The Morgan fingerprint density at radius 3 is 2.57 bits per heavy atom. The van der Waals surface area contributed by atoms with Gasteiger partial charge >= 0.3 is 0 Å². The van der Waals surface area contributed by atoms with Crippen molar-refractivity contribution >= 4 is 23.4 Å². The maximum Gasteiger partial charge on any atom is 0.246 e. The number of nitrogens with zero attached hydrogens (tertiary/aromatic N) is 1. The van der Waals surface area contributed by atoms with Gasteiger partial charge in [-0.15, -0.1) is 0 Å². The molecule has 3 fully saturated rings. The number of benzene rings is 1. The number of ether oxygens (including phenoxy) is 1. The van der Waals surface area contributed by atoms with E-state index in [1.165, 1.54) is 4.90 Å². The Labute approximate surface area is 176 Å². The van der Waals surface area contributed by atoms with E-state index in [4.69, 9.17) is 4.74 Å². The number of amides is 3. The van der Waals surface area contributed by atoms with Crippen molar-refractivity contribution in [2.75, 3.05) is 11.9 Å². The molecule has 1 spiro atoms. The summed E-state index contributed by atoms with van der Waals surface area (Å²) in [5, 5.41) is 15.5. The van der Waals surface area contributed by atoms with Gasteiger partial charge in [0, 0.05) is 11.7 Å². The first-order chi connectivity index (χ1) is 14.3. The monoisotopic (exact) mass is 415 g/mol. The van der Waals surface area contributed by atoms with Crippen molar-refractivity contribution in [3.8, 4) is 0 Å². The third kappa shape index (κ3) is 3.09. The average Bonchev–Trinajstić information content (AvgIpc) is 3.35. The number of nitrogens with one attached hydrogen (secondary N) is 2. The Bertz CT molecular complexity index is 844. The minimum atomic E-state index is -1.04. The van der Waals surface area contributed by atoms with Crippen LogP contribution in [0.4, 0.5) is 5.69 Å². The minimum absolute atomic E-state index is 0.106. The minimum Gasteiger partial charge on any atom is -0.394 e. The summed E-state index contributed by atoms with van der Waals surface area (Å²) in [7, 11) is 0. The highest BCUT2D eigenvalue weighted by atomic mass is 16.5. The van der Waals surface area contributed by atoms with E-state index in [0.29, 0.717) is 18.5 Å². The highest BCUT2D eigenvalue weighted by molar-refractivity contribution is 6.02. The number of fused-ring (bicyclic) bond motifs is 1. The third-order valence-corrected chi connectivity index (χ3v) is 6.50. The molecule has 8 heteroatoms. The summed E-state index contributed by atoms with van der Waals surface area (Å²) >= 11 is 0. The van der Waals surface area contributed by atoms with Crippen LogP contribution in [0.2, 0.25) is 0 Å². The highest BCUT2D eigenvalue weighted by Crippen LogP contribution is 2.58. The summed E-state index contributed by atoms with van der Waals surface area (Å²) < 4.78 is 6.30. The van der Waals surface area contributed by atoms with Gasteiger partial charge in [0.2, 0.25) is 17.7 Å². The van der Waals surface area contributed by atoms with E-state index in [1.54, 1.807) is 19.1 Å². The molecule has 1 aromatic rings. The van der Waals surface area contributed by atoms with Gasteiger partial charge in [-0.3, -0.25) is 14.4 Å². The molecule has 3 aliphatic rings. The van der Waals surface area contributed by atoms with E-state index >= 15 is 0 Å². The number of hydrogen-bond donors (Lipinski definition) is 3. The standard InChI is InChI=1S/C22H29N3O5/c1-12(2)23-20(28)18-22-10-9-15(30-22)16(17(22)21(29)25(18)13(3)11-26)19(27)24-14-7-5-4-6-8-14/h4-8,12-13,15-18,26H,9-11H2,1-3H3,(H,23,28)(H,24,27)/t13-,15+,16-,17+,18?,22?/m1/s1. The number of para-hydroxylation sites is 1. The molecule has 3 heterocycles. The van der Waals surface area contributed by atoms with Crippen molar-refractivity contribution in [1.82, 2.24) is 10.2 Å². The quantitative estimate of drug-likeness (QED) is 0.640. The van der Waals surface area contributed by atoms with E-state index in [-0.39, 0.29) is 30.4 Å². The third-order valence-electron chi connectivity index (χ3n) is 6.50. The molecular weight excluding hydrogens is 386 g/mol. The maximum atomic E-state index is 13.5. The van der Waals surface area contributed by atoms with Gasteiger partial charge in [0.1, 0.15) is 11.6 Å². The van der Waals surface area contributed by atoms with Crippen LogP contribution in [0.15, 0.2) is 30.3 Å². The van der Waals surface area contributed by atoms with E-state index in [0.717, 1.165) is 0 Å². The molecule has 6 atom stereocenters. The number of anilines is 1. The predicted octanol–water partition coefficient (Wildman–Crippen LogP) is 0.905. The predicted molar refractivity (Wildman–Crippen MR) is 109 cm³/mol. The number of likely N-dealkylation sites (tertiary alicyclic amines) is 1. The molecule has 162 valence electrons. The van der Waals surface area contributed by atoms with Crippen LogP contribution in [-0.4, -0.2) is 64.2 Å². The molecule has 4 rings (SSSR count). The van der Waals surface area contributed by atoms with Gasteiger partial charge in [0.25, 0.3) is 0 Å². The van der Waals surface area contributed by atoms with Crippen LogP contribution in [0.25, 0.3) is 0 Å². The zero-order valence-corrected chi connectivity index (χ0v) is 17.5. The Balaban J connectivity index is 1.69. The Morgan fingerprint density at radius 2 is 1.93 bits per heavy atom. The van der Waals surface area contributed by atoms with Crippen LogP contribution < -0.4 is 10.6 Å². The van der Waals surface area contributed by atoms with Gasteiger partial charge in [-0.05, 0) is 45.7 Å². The summed E-state index contributed by atoms with van der Waals surface area (Å²) in [6.45, 7) is 5.14. The Hall–Kier alpha value is -2.45. The maximum absolute atomic E-state index is 13.5. The first kappa shape index (κ1) is 20.8. The second-order valence-corrected chi connectivity index (χ2v) is 8.85. The number of aliphatic hydroxyl groups excluding tert-OH is 1. The van der Waals surface area contributed by atoms with Crippen molar-refractivity contribution in [1.29, 1.82) is 0 Å². The van der Waals surface area contributed by atoms with E-state index < -0.39 is 35.6 Å². The number of carbonyl (C=O) groups is 3. The zero-order valence-electron chi connectivity index (χ0n) is 17.5. The first-order valence-electron chi connectivity index (χ1n) is 10.6. The normalized spacial score (nSPS) is 33.0. The molecule has 0 radical (unpaired) electrons. The lowest BCUT2D eigenvalue weighted by Crippen LogP contribution is -2.58. The average molecular weight is 415 g/mol. The van der Waals surface area contributed by atoms with E-state index in [2.05, 4.69) is 10.6 Å². The van der Waals surface area contributed by atoms with Gasteiger partial charge in [-0.2, -0.15) is 0 Å². The lowest BCUT2D eigenvalue weighted by Gasteiger charge is -2.35. The molecule has 3 aliphatic heterocycles. The summed E-state index contributed by atoms with van der Waals surface area (Å²) in [5.41, 5.74) is -0.387. The molecular formula is C22H29N3O5. The van der Waals surface area contributed by atoms with Crippen LogP contribution in [0.5, 0.6) is 0 Å². The molecule has 8 nitrogen and oxygen atoms in total. The number of carbonyl (C=O) groups excluding carboxylic acids is 3. The van der Waals surface area contributed by atoms with Crippen molar-refractivity contribution in [3.63, 3.8) is 0 Å². The molecule has 3 saturated heterocycles. The smallest absolute Gasteiger partial charge is 0.246 e. The van der Waals surface area contributed by atoms with Gasteiger partial charge in [0.15, 0.2) is 0 Å². The molecule has 3 amide bonds. The Morgan fingerprint density at radius 1 is 1.23 bits per heavy atom. The number of aliphatic hydroxyl groups is 1. The fourth-order valence-electron chi connectivity index (χ4n) is 5.36. The van der Waals surface area contributed by atoms with Crippen molar-refractivity contribution < 1.29 is 24.2 Å². The SMILES string of the molecule is CC(C)NC(=O)C1N([C@H](C)CO)C(=O)[C@@H]2[C@H](C(=O)Nc3ccccc3)[C@@H]3CCC12O3. The van der Waals surface area contributed by atoms with Crippen LogP contribution in [0.1, 0.15) is 33.6 Å². The molecule has 3 N–H and O–H groups in total. The molecule has 30 heavy (non-hydrogen) atoms. The summed E-state index contributed by atoms with van der Waals surface area (Å²) in [4.78, 5) is 41.3. The molecule has 0 saturated carbocycles. The number of hydrogen-bond acceptors (Lipinski definition) is 5. The fraction of sp³-hybridized carbons (Fsp3) is 0.591. The van der Waals surface area contributed by atoms with Crippen molar-refractivity contribution in [3.05, 3.63) is 30.3 Å². The summed E-state index contributed by atoms with van der Waals surface area (Å²) in [6.07, 6.45) is 0.751. The molecule has 2 bridgehead atoms. The molecule has 0 aromatic heterocycles. The fourth-order valence-corrected chi connectivity index (χ4v) is 5.36. The van der Waals surface area contributed by atoms with E-state index in [1.807, 2.05) is 32.0 Å². The van der Waals surface area contributed by atoms with Gasteiger partial charge < -0.3 is 25.4 Å². The second-order valence-electron chi connectivity index (χ2n) is 8.85. The summed E-state index contributed by atoms with van der Waals surface area (Å²) in [6, 6.07) is 7.56. The van der Waals surface area contributed by atoms with Gasteiger partial charge in [0.05, 0.1) is 30.6 Å². The van der Waals surface area contributed by atoms with Crippen LogP contribution in [0.3, 0.4) is 0 Å². The molecule has 0 aliphatic carbocycles. The molecule has 1 aromatic carbocycles. The lowest BCUT2D eigenvalue weighted by atomic mass is 9.70. The number of rotatable bonds is 6. The second kappa shape index (κ2) is 7.67. The van der Waals surface area contributed by atoms with Crippen molar-refractivity contribution in [2.24, 2.45) is 11.8 Å². The lowest BCUT2D eigenvalue weighted by molar-refractivity contribution is -0.144. The largest absolute Gasteiger partial charge is 0.394 e. The van der Waals surface area contributed by atoms with Crippen LogP contribution >= 0.6 is 0 Å². The molecule has 2 unspecified atom stereocenters. The Kier molecular flexibility index (Phi) is 5.32. The highest BCUT2D eigenvalue weighted by Gasteiger charge is 2.74. The first-order valence-corrected chi connectivity index (χ1v) is 10.6. The van der Waals surface area contributed by atoms with E-state index in [9.17, 15) is 19.5 Å².